The highest BCUT2D eigenvalue weighted by Gasteiger charge is 2.57. The molecule has 4 amide bonds. The Morgan fingerprint density at radius 2 is 1.17 bits per heavy atom. The summed E-state index contributed by atoms with van der Waals surface area (Å²) in [6.45, 7) is -0.0494. The number of urea groups is 1. The average molecular weight is 400 g/mol. The molecule has 1 atom stereocenters. The maximum atomic E-state index is 13.3. The number of para-hydroxylation sites is 1. The summed E-state index contributed by atoms with van der Waals surface area (Å²) in [5.74, 6) is -1.87. The largest absolute Gasteiger partial charge is 0.371 e. The van der Waals surface area contributed by atoms with Crippen molar-refractivity contribution < 1.29 is 19.5 Å². The van der Waals surface area contributed by atoms with Crippen LogP contribution in [0.3, 0.4) is 0 Å². The van der Waals surface area contributed by atoms with Crippen LogP contribution in [-0.4, -0.2) is 33.5 Å². The van der Waals surface area contributed by atoms with Crippen molar-refractivity contribution in [3.8, 4) is 0 Å². The van der Waals surface area contributed by atoms with E-state index < -0.39 is 23.4 Å². The highest BCUT2D eigenvalue weighted by molar-refractivity contribution is 6.31. The summed E-state index contributed by atoms with van der Waals surface area (Å²) in [6.07, 6.45) is -0.229. The third-order valence-corrected chi connectivity index (χ3v) is 5.08. The van der Waals surface area contributed by atoms with E-state index in [2.05, 4.69) is 0 Å². The molecule has 3 aromatic rings. The molecule has 6 nitrogen and oxygen atoms in total. The minimum absolute atomic E-state index is 0.0494. The molecule has 0 radical (unpaired) electrons. The van der Waals surface area contributed by atoms with E-state index in [1.807, 2.05) is 6.07 Å². The number of amides is 4. The second kappa shape index (κ2) is 7.93. The number of carbonyl (C=O) groups is 3. The number of hydrogen-bond donors (Lipinski definition) is 1. The molecule has 0 bridgehead atoms. The van der Waals surface area contributed by atoms with Gasteiger partial charge in [-0.15, -0.1) is 0 Å². The summed E-state index contributed by atoms with van der Waals surface area (Å²) in [5, 5.41) is 11.3. The molecule has 1 N–H and O–H groups in total. The molecule has 0 aliphatic carbocycles. The molecule has 1 aliphatic rings. The van der Waals surface area contributed by atoms with Crippen molar-refractivity contribution >= 4 is 23.5 Å². The number of benzene rings is 3. The van der Waals surface area contributed by atoms with Gasteiger partial charge in [-0.1, -0.05) is 78.9 Å². The first-order valence-electron chi connectivity index (χ1n) is 9.56. The van der Waals surface area contributed by atoms with E-state index in [0.29, 0.717) is 16.8 Å². The van der Waals surface area contributed by atoms with Crippen LogP contribution >= 0.6 is 0 Å². The second-order valence-electron chi connectivity index (χ2n) is 7.16. The lowest BCUT2D eigenvalue weighted by atomic mass is 9.89. The molecule has 0 saturated carbocycles. The Balaban J connectivity index is 1.78. The van der Waals surface area contributed by atoms with E-state index in [4.69, 9.17) is 0 Å². The quantitative estimate of drug-likeness (QED) is 0.668. The van der Waals surface area contributed by atoms with Gasteiger partial charge in [0.15, 0.2) is 0 Å². The van der Waals surface area contributed by atoms with Crippen molar-refractivity contribution in [2.45, 2.75) is 18.6 Å². The van der Waals surface area contributed by atoms with Crippen LogP contribution in [0.5, 0.6) is 0 Å². The lowest BCUT2D eigenvalue weighted by molar-refractivity contribution is -0.160. The Morgan fingerprint density at radius 3 is 1.73 bits per heavy atom. The molecule has 1 fully saturated rings. The number of hydrogen-bond acceptors (Lipinski definition) is 4. The van der Waals surface area contributed by atoms with Gasteiger partial charge < -0.3 is 5.11 Å². The molecule has 4 rings (SSSR count). The van der Waals surface area contributed by atoms with Gasteiger partial charge >= 0.3 is 6.03 Å². The number of nitrogens with zero attached hydrogens (tertiary/aromatic N) is 2. The van der Waals surface area contributed by atoms with Gasteiger partial charge in [0.2, 0.25) is 5.60 Å². The molecule has 3 aromatic carbocycles. The number of anilines is 1. The lowest BCUT2D eigenvalue weighted by Crippen LogP contribution is -2.69. The number of imide groups is 2. The molecular weight excluding hydrogens is 380 g/mol. The summed E-state index contributed by atoms with van der Waals surface area (Å²) in [4.78, 5) is 41.5. The Kier molecular flexibility index (Phi) is 5.16. The predicted octanol–water partition coefficient (Wildman–Crippen LogP) is 3.16. The molecule has 30 heavy (non-hydrogen) atoms. The van der Waals surface area contributed by atoms with Crippen LogP contribution in [0.4, 0.5) is 10.5 Å². The topological polar surface area (TPSA) is 77.9 Å². The van der Waals surface area contributed by atoms with Crippen LogP contribution in [0.2, 0.25) is 0 Å². The van der Waals surface area contributed by atoms with Crippen LogP contribution < -0.4 is 4.90 Å². The molecule has 1 unspecified atom stereocenters. The minimum atomic E-state index is -2.39. The summed E-state index contributed by atoms with van der Waals surface area (Å²) >= 11 is 0. The number of rotatable bonds is 5. The lowest BCUT2D eigenvalue weighted by Gasteiger charge is -2.41. The van der Waals surface area contributed by atoms with Crippen LogP contribution in [0.25, 0.3) is 0 Å². The Labute approximate surface area is 174 Å². The molecule has 1 heterocycles. The van der Waals surface area contributed by atoms with Crippen molar-refractivity contribution in [1.29, 1.82) is 0 Å². The zero-order valence-electron chi connectivity index (χ0n) is 16.1. The Morgan fingerprint density at radius 1 is 0.667 bits per heavy atom. The summed E-state index contributed by atoms with van der Waals surface area (Å²) < 4.78 is 0. The standard InChI is InChI=1S/C24H20N2O4/c27-21-24(30,16-18-10-4-1-5-11-18)22(28)26(20-14-8-3-9-15-20)23(29)25(21)17-19-12-6-2-7-13-19/h1-15,30H,16-17H2. The van der Waals surface area contributed by atoms with E-state index >= 15 is 0 Å². The number of aliphatic hydroxyl groups is 1. The van der Waals surface area contributed by atoms with Crippen molar-refractivity contribution in [1.82, 2.24) is 4.90 Å². The fraction of sp³-hybridized carbons (Fsp3) is 0.125. The van der Waals surface area contributed by atoms with Crippen LogP contribution in [0, 0.1) is 0 Å². The first kappa shape index (κ1) is 19.5. The Hall–Kier alpha value is -3.77. The van der Waals surface area contributed by atoms with E-state index in [1.165, 1.54) is 0 Å². The predicted molar refractivity (Wildman–Crippen MR) is 111 cm³/mol. The highest BCUT2D eigenvalue weighted by atomic mass is 16.3. The number of carbonyl (C=O) groups excluding carboxylic acids is 3. The minimum Gasteiger partial charge on any atom is -0.371 e. The van der Waals surface area contributed by atoms with Crippen molar-refractivity contribution in [2.24, 2.45) is 0 Å². The fourth-order valence-electron chi connectivity index (χ4n) is 3.55. The normalized spacial score (nSPS) is 19.3. The molecule has 0 aromatic heterocycles. The Bertz CT molecular complexity index is 1070. The highest BCUT2D eigenvalue weighted by Crippen LogP contribution is 2.30. The average Bonchev–Trinajstić information content (AvgIpc) is 2.78. The van der Waals surface area contributed by atoms with Gasteiger partial charge in [-0.05, 0) is 23.3 Å². The molecule has 1 aliphatic heterocycles. The van der Waals surface area contributed by atoms with Gasteiger partial charge in [-0.2, -0.15) is 0 Å². The third kappa shape index (κ3) is 3.49. The van der Waals surface area contributed by atoms with E-state index in [0.717, 1.165) is 9.80 Å². The first-order chi connectivity index (χ1) is 14.5. The van der Waals surface area contributed by atoms with E-state index in [1.54, 1.807) is 84.9 Å². The second-order valence-corrected chi connectivity index (χ2v) is 7.16. The zero-order chi connectivity index (χ0) is 21.1. The monoisotopic (exact) mass is 400 g/mol. The molecule has 150 valence electrons. The van der Waals surface area contributed by atoms with Crippen LogP contribution in [-0.2, 0) is 22.6 Å². The maximum Gasteiger partial charge on any atom is 0.338 e. The van der Waals surface area contributed by atoms with Crippen LogP contribution in [0.1, 0.15) is 11.1 Å². The SMILES string of the molecule is O=C1N(Cc2ccccc2)C(=O)C(O)(Cc2ccccc2)C(=O)N1c1ccccc1. The first-order valence-corrected chi connectivity index (χ1v) is 9.56. The zero-order valence-corrected chi connectivity index (χ0v) is 16.1. The fourth-order valence-corrected chi connectivity index (χ4v) is 3.55. The summed E-state index contributed by atoms with van der Waals surface area (Å²) in [5.41, 5.74) is -0.767. The van der Waals surface area contributed by atoms with Crippen LogP contribution in [0.15, 0.2) is 91.0 Å². The van der Waals surface area contributed by atoms with E-state index in [9.17, 15) is 19.5 Å². The van der Waals surface area contributed by atoms with Crippen molar-refractivity contribution in [3.05, 3.63) is 102 Å². The van der Waals surface area contributed by atoms with Crippen molar-refractivity contribution in [2.75, 3.05) is 4.90 Å². The van der Waals surface area contributed by atoms with E-state index in [-0.39, 0.29) is 13.0 Å². The smallest absolute Gasteiger partial charge is 0.338 e. The van der Waals surface area contributed by atoms with Gasteiger partial charge in [-0.25, -0.2) is 9.69 Å². The van der Waals surface area contributed by atoms with Gasteiger partial charge in [0, 0.05) is 6.42 Å². The molecule has 0 spiro atoms. The molecule has 1 saturated heterocycles. The summed E-state index contributed by atoms with van der Waals surface area (Å²) in [7, 11) is 0. The van der Waals surface area contributed by atoms with Gasteiger partial charge in [0.25, 0.3) is 11.8 Å². The van der Waals surface area contributed by atoms with Gasteiger partial charge in [-0.3, -0.25) is 14.5 Å². The summed E-state index contributed by atoms with van der Waals surface area (Å²) in [6, 6.07) is 25.3. The molecule has 6 heteroatoms. The molecular formula is C24H20N2O4. The maximum absolute atomic E-state index is 13.3. The van der Waals surface area contributed by atoms with Crippen molar-refractivity contribution in [3.63, 3.8) is 0 Å². The van der Waals surface area contributed by atoms with Gasteiger partial charge in [0.1, 0.15) is 0 Å². The third-order valence-electron chi connectivity index (χ3n) is 5.08. The van der Waals surface area contributed by atoms with Gasteiger partial charge in [0.05, 0.1) is 12.2 Å². The number of barbiturate groups is 1.